The molecule has 25 heavy (non-hydrogen) atoms. The van der Waals surface area contributed by atoms with E-state index in [4.69, 9.17) is 16.3 Å². The van der Waals surface area contributed by atoms with E-state index in [1.54, 1.807) is 6.20 Å². The molecular formula is C20H30ClN3O. The number of rotatable bonds is 12. The molecule has 138 valence electrons. The highest BCUT2D eigenvalue weighted by Crippen LogP contribution is 2.19. The molecule has 5 heteroatoms. The number of aliphatic imine (C=N–C) groups is 2. The lowest BCUT2D eigenvalue weighted by Gasteiger charge is -2.10. The third kappa shape index (κ3) is 7.82. The third-order valence-electron chi connectivity index (χ3n) is 4.13. The Bertz CT molecular complexity index is 596. The lowest BCUT2D eigenvalue weighted by molar-refractivity contribution is 0.291. The number of halogens is 1. The van der Waals surface area contributed by atoms with Gasteiger partial charge in [0.25, 0.3) is 0 Å². The molecule has 0 radical (unpaired) electrons. The van der Waals surface area contributed by atoms with Crippen molar-refractivity contribution in [2.75, 3.05) is 12.6 Å². The Labute approximate surface area is 157 Å². The zero-order valence-corrected chi connectivity index (χ0v) is 16.5. The molecule has 0 aliphatic heterocycles. The molecule has 0 aliphatic rings. The van der Waals surface area contributed by atoms with Gasteiger partial charge in [0.15, 0.2) is 0 Å². The Morgan fingerprint density at radius 1 is 1.28 bits per heavy atom. The minimum Gasteiger partial charge on any atom is -0.477 e. The van der Waals surface area contributed by atoms with Crippen molar-refractivity contribution in [1.29, 1.82) is 0 Å². The summed E-state index contributed by atoms with van der Waals surface area (Å²) in [6.45, 7) is 10.5. The highest BCUT2D eigenvalue weighted by atomic mass is 35.5. The van der Waals surface area contributed by atoms with Gasteiger partial charge in [-0.2, -0.15) is 0 Å². The minimum absolute atomic E-state index is 0.287. The monoisotopic (exact) mass is 363 g/mol. The summed E-state index contributed by atoms with van der Waals surface area (Å²) in [5.41, 5.74) is 4.27. The highest BCUT2D eigenvalue weighted by Gasteiger charge is 2.07. The summed E-state index contributed by atoms with van der Waals surface area (Å²) in [5, 5.41) is 0. The molecule has 4 nitrogen and oxygen atoms in total. The highest BCUT2D eigenvalue weighted by molar-refractivity contribution is 6.18. The van der Waals surface area contributed by atoms with Gasteiger partial charge in [0.2, 0.25) is 5.88 Å². The lowest BCUT2D eigenvalue weighted by Crippen LogP contribution is -2.02. The van der Waals surface area contributed by atoms with Crippen LogP contribution in [0.25, 0.3) is 0 Å². The van der Waals surface area contributed by atoms with Crippen molar-refractivity contribution < 1.29 is 4.74 Å². The van der Waals surface area contributed by atoms with Crippen LogP contribution in [0.1, 0.15) is 57.9 Å². The molecule has 0 aliphatic carbocycles. The topological polar surface area (TPSA) is 46.8 Å². The summed E-state index contributed by atoms with van der Waals surface area (Å²) < 4.78 is 5.72. The first-order valence-electron chi connectivity index (χ1n) is 8.94. The number of allylic oxidation sites excluding steroid dienone is 2. The normalized spacial score (nSPS) is 12.7. The second-order valence-corrected chi connectivity index (χ2v) is 6.18. The number of aryl methyl sites for hydroxylation is 1. The number of aromatic nitrogens is 1. The van der Waals surface area contributed by atoms with Crippen LogP contribution in [0.5, 0.6) is 5.88 Å². The number of pyridine rings is 1. The van der Waals surface area contributed by atoms with Crippen LogP contribution in [0.3, 0.4) is 0 Å². The van der Waals surface area contributed by atoms with Gasteiger partial charge in [-0.25, -0.2) is 4.98 Å². The Hall–Kier alpha value is -1.68. The predicted octanol–water partition coefficient (Wildman–Crippen LogP) is 5.74. The maximum Gasteiger partial charge on any atom is 0.216 e. The van der Waals surface area contributed by atoms with Crippen LogP contribution in [0, 0.1) is 6.92 Å². The molecule has 0 saturated heterocycles. The van der Waals surface area contributed by atoms with Crippen molar-refractivity contribution >= 4 is 24.0 Å². The molecular weight excluding hydrogens is 334 g/mol. The molecule has 0 aromatic carbocycles. The van der Waals surface area contributed by atoms with E-state index in [1.807, 2.05) is 26.0 Å². The van der Waals surface area contributed by atoms with Gasteiger partial charge in [-0.1, -0.05) is 25.8 Å². The van der Waals surface area contributed by atoms with Crippen LogP contribution in [-0.4, -0.2) is 30.0 Å². The van der Waals surface area contributed by atoms with Gasteiger partial charge >= 0.3 is 0 Å². The van der Waals surface area contributed by atoms with Gasteiger partial charge in [0, 0.05) is 23.2 Å². The third-order valence-corrected chi connectivity index (χ3v) is 4.25. The average Bonchev–Trinajstić information content (AvgIpc) is 2.61. The Balaban J connectivity index is 2.32. The molecule has 0 spiro atoms. The van der Waals surface area contributed by atoms with Crippen molar-refractivity contribution in [1.82, 2.24) is 4.98 Å². The Morgan fingerprint density at radius 3 is 2.68 bits per heavy atom. The van der Waals surface area contributed by atoms with Gasteiger partial charge < -0.3 is 4.74 Å². The molecule has 1 heterocycles. The molecule has 1 aromatic rings. The van der Waals surface area contributed by atoms with Gasteiger partial charge in [-0.05, 0) is 57.9 Å². The van der Waals surface area contributed by atoms with Gasteiger partial charge in [0.1, 0.15) is 6.00 Å². The number of unbranched alkanes of at least 4 members (excludes halogenated alkanes) is 3. The van der Waals surface area contributed by atoms with E-state index in [9.17, 15) is 0 Å². The maximum absolute atomic E-state index is 5.72. The summed E-state index contributed by atoms with van der Waals surface area (Å²) in [6, 6.07) is 4.22. The lowest BCUT2D eigenvalue weighted by atomic mass is 10.0. The fourth-order valence-corrected chi connectivity index (χ4v) is 2.90. The molecule has 0 atom stereocenters. The first-order valence-corrected chi connectivity index (χ1v) is 9.48. The first-order chi connectivity index (χ1) is 12.1. The standard InChI is InChI=1S/C20H30ClN3O/c1-5-18(17(3)24-15-21)19(22-4)12-8-6-7-9-14-25-20-16(2)11-10-13-23-20/h10-11,13H,4-9,12,14-15H2,1-3H3/b19-18-,24-17-. The smallest absolute Gasteiger partial charge is 0.216 e. The predicted molar refractivity (Wildman–Crippen MR) is 108 cm³/mol. The largest absolute Gasteiger partial charge is 0.477 e. The number of hydrogen-bond acceptors (Lipinski definition) is 4. The fourth-order valence-electron chi connectivity index (χ4n) is 2.72. The fraction of sp³-hybridized carbons (Fsp3) is 0.550. The van der Waals surface area contributed by atoms with Crippen molar-refractivity contribution in [2.24, 2.45) is 9.98 Å². The average molecular weight is 364 g/mol. The van der Waals surface area contributed by atoms with Gasteiger partial charge in [-0.3, -0.25) is 9.98 Å². The van der Waals surface area contributed by atoms with Gasteiger partial charge in [0.05, 0.1) is 6.61 Å². The zero-order valence-electron chi connectivity index (χ0n) is 15.7. The van der Waals surface area contributed by atoms with E-state index in [2.05, 4.69) is 28.6 Å². The summed E-state index contributed by atoms with van der Waals surface area (Å²) in [7, 11) is 0. The van der Waals surface area contributed by atoms with Crippen molar-refractivity contribution in [3.8, 4) is 5.88 Å². The second-order valence-electron chi connectivity index (χ2n) is 5.94. The van der Waals surface area contributed by atoms with E-state index in [0.29, 0.717) is 6.61 Å². The van der Waals surface area contributed by atoms with Crippen molar-refractivity contribution in [3.63, 3.8) is 0 Å². The van der Waals surface area contributed by atoms with Crippen LogP contribution in [0.15, 0.2) is 39.6 Å². The molecule has 0 bridgehead atoms. The Morgan fingerprint density at radius 2 is 2.04 bits per heavy atom. The molecule has 0 amide bonds. The maximum atomic E-state index is 5.72. The number of nitrogens with zero attached hydrogens (tertiary/aromatic N) is 3. The van der Waals surface area contributed by atoms with Crippen molar-refractivity contribution in [3.05, 3.63) is 35.2 Å². The summed E-state index contributed by atoms with van der Waals surface area (Å²) >= 11 is 5.70. The second kappa shape index (κ2) is 12.6. The van der Waals surface area contributed by atoms with Gasteiger partial charge in [-0.15, -0.1) is 11.6 Å². The van der Waals surface area contributed by atoms with Crippen molar-refractivity contribution in [2.45, 2.75) is 59.3 Å². The van der Waals surface area contributed by atoms with Crippen LogP contribution < -0.4 is 4.74 Å². The van der Waals surface area contributed by atoms with E-state index in [1.165, 1.54) is 5.57 Å². The minimum atomic E-state index is 0.287. The molecule has 0 fully saturated rings. The number of hydrogen-bond donors (Lipinski definition) is 0. The SMILES string of the molecule is C=N/C(CCCCCCOc1ncccc1C)=C(CC)\C(C)=N/CCl. The van der Waals surface area contributed by atoms with Crippen LogP contribution in [-0.2, 0) is 0 Å². The Kier molecular flexibility index (Phi) is 10.8. The van der Waals surface area contributed by atoms with E-state index >= 15 is 0 Å². The van der Waals surface area contributed by atoms with E-state index in [-0.39, 0.29) is 6.00 Å². The molecule has 0 saturated carbocycles. The number of alkyl halides is 1. The summed E-state index contributed by atoms with van der Waals surface area (Å²) in [5.74, 6) is 0.741. The number of ether oxygens (including phenoxy) is 1. The molecule has 0 unspecified atom stereocenters. The van der Waals surface area contributed by atoms with Crippen LogP contribution in [0.4, 0.5) is 0 Å². The first kappa shape index (κ1) is 21.4. The van der Waals surface area contributed by atoms with Crippen LogP contribution >= 0.6 is 11.6 Å². The van der Waals surface area contributed by atoms with Crippen LogP contribution in [0.2, 0.25) is 0 Å². The quantitative estimate of drug-likeness (QED) is 0.206. The molecule has 1 aromatic heterocycles. The van der Waals surface area contributed by atoms with E-state index < -0.39 is 0 Å². The summed E-state index contributed by atoms with van der Waals surface area (Å²) in [6.07, 6.45) is 8.00. The summed E-state index contributed by atoms with van der Waals surface area (Å²) in [4.78, 5) is 12.7. The van der Waals surface area contributed by atoms with E-state index in [0.717, 1.165) is 61.4 Å². The zero-order chi connectivity index (χ0) is 18.5. The molecule has 1 rings (SSSR count). The molecule has 0 N–H and O–H groups in total.